The first-order chi connectivity index (χ1) is 8.36. The molecular weight excluding hydrogens is 234 g/mol. The van der Waals surface area contributed by atoms with Crippen molar-refractivity contribution in [3.8, 4) is 0 Å². The van der Waals surface area contributed by atoms with Gasteiger partial charge in [-0.1, -0.05) is 6.42 Å². The Balaban J connectivity index is 2.05. The van der Waals surface area contributed by atoms with Crippen LogP contribution in [-0.4, -0.2) is 41.8 Å². The lowest BCUT2D eigenvalue weighted by molar-refractivity contribution is -0.139. The lowest BCUT2D eigenvalue weighted by atomic mass is 9.84. The Morgan fingerprint density at radius 1 is 1.50 bits per heavy atom. The molecule has 3 unspecified atom stereocenters. The summed E-state index contributed by atoms with van der Waals surface area (Å²) >= 11 is 0. The van der Waals surface area contributed by atoms with Crippen molar-refractivity contribution in [2.75, 3.05) is 7.05 Å². The average Bonchev–Trinajstić information content (AvgIpc) is 2.77. The zero-order valence-electron chi connectivity index (χ0n) is 10.7. The van der Waals surface area contributed by atoms with E-state index in [0.717, 1.165) is 24.2 Å². The summed E-state index contributed by atoms with van der Waals surface area (Å²) in [5, 5.41) is 2.67. The van der Waals surface area contributed by atoms with Gasteiger partial charge in [-0.05, 0) is 19.8 Å². The summed E-state index contributed by atoms with van der Waals surface area (Å²) in [4.78, 5) is 36.4. The number of carbonyl (C=O) groups excluding carboxylic acids is 3. The first-order valence-corrected chi connectivity index (χ1v) is 6.23. The summed E-state index contributed by atoms with van der Waals surface area (Å²) in [6.07, 6.45) is 2.51. The lowest BCUT2D eigenvalue weighted by Gasteiger charge is -2.28. The van der Waals surface area contributed by atoms with Crippen molar-refractivity contribution >= 4 is 17.7 Å². The van der Waals surface area contributed by atoms with E-state index in [-0.39, 0.29) is 30.2 Å². The Labute approximate surface area is 106 Å². The van der Waals surface area contributed by atoms with Crippen LogP contribution in [0.4, 0.5) is 0 Å². The molecule has 0 bridgehead atoms. The Kier molecular flexibility index (Phi) is 3.14. The molecule has 0 aromatic carbocycles. The van der Waals surface area contributed by atoms with E-state index in [0.29, 0.717) is 0 Å². The molecule has 0 aromatic rings. The molecule has 18 heavy (non-hydrogen) atoms. The van der Waals surface area contributed by atoms with Gasteiger partial charge in [0, 0.05) is 13.1 Å². The van der Waals surface area contributed by atoms with E-state index in [1.54, 1.807) is 0 Å². The maximum Gasteiger partial charge on any atom is 0.252 e. The van der Waals surface area contributed by atoms with E-state index < -0.39 is 11.5 Å². The fourth-order valence-electron chi connectivity index (χ4n) is 2.67. The highest BCUT2D eigenvalue weighted by molar-refractivity contribution is 6.06. The molecular formula is C12H19N3O3. The van der Waals surface area contributed by atoms with E-state index in [1.807, 2.05) is 6.92 Å². The van der Waals surface area contributed by atoms with Crippen LogP contribution in [0.25, 0.3) is 0 Å². The number of rotatable bonds is 2. The predicted molar refractivity (Wildman–Crippen MR) is 64.3 cm³/mol. The number of hydrogen-bond acceptors (Lipinski definition) is 4. The molecule has 6 nitrogen and oxygen atoms in total. The first-order valence-electron chi connectivity index (χ1n) is 6.23. The van der Waals surface area contributed by atoms with E-state index in [4.69, 9.17) is 5.73 Å². The van der Waals surface area contributed by atoms with Crippen LogP contribution in [0.1, 0.15) is 32.6 Å². The van der Waals surface area contributed by atoms with Crippen LogP contribution in [-0.2, 0) is 14.4 Å². The molecule has 1 saturated heterocycles. The number of imide groups is 1. The van der Waals surface area contributed by atoms with Crippen molar-refractivity contribution in [1.29, 1.82) is 0 Å². The third-order valence-electron chi connectivity index (χ3n) is 4.24. The van der Waals surface area contributed by atoms with E-state index >= 15 is 0 Å². The summed E-state index contributed by atoms with van der Waals surface area (Å²) in [5.74, 6) is -0.816. The molecule has 3 amide bonds. The standard InChI is InChI=1S/C12H19N3O3/c1-12(5-3-4-8(12)13)11(18)14-7-6-9(16)15(2)10(7)17/h7-8H,3-6,13H2,1-2H3,(H,14,18). The normalized spacial score (nSPS) is 36.3. The lowest BCUT2D eigenvalue weighted by Crippen LogP contribution is -2.51. The van der Waals surface area contributed by atoms with Gasteiger partial charge in [0.25, 0.3) is 5.91 Å². The number of hydrogen-bond donors (Lipinski definition) is 2. The molecule has 1 heterocycles. The van der Waals surface area contributed by atoms with Gasteiger partial charge in [0.05, 0.1) is 11.8 Å². The minimum absolute atomic E-state index is 0.0480. The quantitative estimate of drug-likeness (QED) is 0.641. The van der Waals surface area contributed by atoms with Gasteiger partial charge in [-0.2, -0.15) is 0 Å². The Bertz CT molecular complexity index is 409. The second-order valence-electron chi connectivity index (χ2n) is 5.44. The molecule has 3 atom stereocenters. The third kappa shape index (κ3) is 1.90. The summed E-state index contributed by atoms with van der Waals surface area (Å²) in [6.45, 7) is 1.82. The monoisotopic (exact) mass is 253 g/mol. The average molecular weight is 253 g/mol. The fraction of sp³-hybridized carbons (Fsp3) is 0.750. The summed E-state index contributed by atoms with van der Waals surface area (Å²) in [6, 6.07) is -0.901. The molecule has 100 valence electrons. The minimum atomic E-state index is -0.723. The van der Waals surface area contributed by atoms with Crippen LogP contribution in [0.2, 0.25) is 0 Å². The second kappa shape index (κ2) is 4.35. The summed E-state index contributed by atoms with van der Waals surface area (Å²) < 4.78 is 0. The van der Waals surface area contributed by atoms with Crippen molar-refractivity contribution in [1.82, 2.24) is 10.2 Å². The van der Waals surface area contributed by atoms with Crippen LogP contribution >= 0.6 is 0 Å². The smallest absolute Gasteiger partial charge is 0.252 e. The number of nitrogens with one attached hydrogen (secondary N) is 1. The van der Waals surface area contributed by atoms with Crippen molar-refractivity contribution in [2.24, 2.45) is 11.1 Å². The van der Waals surface area contributed by atoms with E-state index in [2.05, 4.69) is 5.32 Å². The van der Waals surface area contributed by atoms with Crippen LogP contribution < -0.4 is 11.1 Å². The van der Waals surface area contributed by atoms with Crippen LogP contribution in [0.3, 0.4) is 0 Å². The topological polar surface area (TPSA) is 92.5 Å². The van der Waals surface area contributed by atoms with Crippen molar-refractivity contribution in [2.45, 2.75) is 44.7 Å². The van der Waals surface area contributed by atoms with Crippen molar-refractivity contribution < 1.29 is 14.4 Å². The largest absolute Gasteiger partial charge is 0.343 e. The van der Waals surface area contributed by atoms with Crippen LogP contribution in [0, 0.1) is 5.41 Å². The minimum Gasteiger partial charge on any atom is -0.343 e. The molecule has 2 fully saturated rings. The van der Waals surface area contributed by atoms with Gasteiger partial charge >= 0.3 is 0 Å². The maximum atomic E-state index is 12.2. The number of nitrogens with two attached hydrogens (primary N) is 1. The molecule has 1 aliphatic carbocycles. The van der Waals surface area contributed by atoms with Gasteiger partial charge in [-0.3, -0.25) is 19.3 Å². The molecule has 3 N–H and O–H groups in total. The molecule has 2 rings (SSSR count). The SMILES string of the molecule is CN1C(=O)CC(NC(=O)C2(C)CCCC2N)C1=O. The number of likely N-dealkylation sites (tertiary alicyclic amines) is 1. The van der Waals surface area contributed by atoms with Gasteiger partial charge in [0.2, 0.25) is 11.8 Å². The summed E-state index contributed by atoms with van der Waals surface area (Å²) in [5.41, 5.74) is 5.33. The third-order valence-corrected chi connectivity index (χ3v) is 4.24. The number of amides is 3. The molecule has 1 aliphatic heterocycles. The molecule has 0 spiro atoms. The zero-order valence-corrected chi connectivity index (χ0v) is 10.7. The van der Waals surface area contributed by atoms with Gasteiger partial charge in [-0.25, -0.2) is 0 Å². The predicted octanol–water partition coefficient (Wildman–Crippen LogP) is -0.623. The molecule has 6 heteroatoms. The zero-order chi connectivity index (χ0) is 13.5. The van der Waals surface area contributed by atoms with Gasteiger partial charge in [0.15, 0.2) is 0 Å². The highest BCUT2D eigenvalue weighted by Crippen LogP contribution is 2.37. The van der Waals surface area contributed by atoms with E-state index in [9.17, 15) is 14.4 Å². The maximum absolute atomic E-state index is 12.2. The number of likely N-dealkylation sites (N-methyl/N-ethyl adjacent to an activating group) is 1. The highest BCUT2D eigenvalue weighted by atomic mass is 16.2. The molecule has 0 aromatic heterocycles. The Morgan fingerprint density at radius 2 is 2.17 bits per heavy atom. The molecule has 0 radical (unpaired) electrons. The van der Waals surface area contributed by atoms with Gasteiger partial charge in [-0.15, -0.1) is 0 Å². The highest BCUT2D eigenvalue weighted by Gasteiger charge is 2.46. The fourth-order valence-corrected chi connectivity index (χ4v) is 2.67. The number of nitrogens with zero attached hydrogens (tertiary/aromatic N) is 1. The van der Waals surface area contributed by atoms with Crippen LogP contribution in [0.5, 0.6) is 0 Å². The van der Waals surface area contributed by atoms with Crippen molar-refractivity contribution in [3.05, 3.63) is 0 Å². The van der Waals surface area contributed by atoms with Gasteiger partial charge in [0.1, 0.15) is 6.04 Å². The Morgan fingerprint density at radius 3 is 2.61 bits per heavy atom. The van der Waals surface area contributed by atoms with Crippen LogP contribution in [0.15, 0.2) is 0 Å². The van der Waals surface area contributed by atoms with Crippen molar-refractivity contribution in [3.63, 3.8) is 0 Å². The van der Waals surface area contributed by atoms with Gasteiger partial charge < -0.3 is 11.1 Å². The second-order valence-corrected chi connectivity index (χ2v) is 5.44. The first kappa shape index (κ1) is 13.0. The summed E-state index contributed by atoms with van der Waals surface area (Å²) in [7, 11) is 1.43. The Hall–Kier alpha value is -1.43. The number of carbonyl (C=O) groups is 3. The molecule has 2 aliphatic rings. The van der Waals surface area contributed by atoms with E-state index in [1.165, 1.54) is 7.05 Å². The molecule has 1 saturated carbocycles.